The lowest BCUT2D eigenvalue weighted by molar-refractivity contribution is 0.0531. The van der Waals surface area contributed by atoms with E-state index in [2.05, 4.69) is 5.32 Å². The maximum atomic E-state index is 13.0. The van der Waals surface area contributed by atoms with Crippen molar-refractivity contribution in [3.8, 4) is 10.4 Å². The highest BCUT2D eigenvalue weighted by molar-refractivity contribution is 7.17. The smallest absolute Gasteiger partial charge is 0.348 e. The molecule has 136 valence electrons. The first kappa shape index (κ1) is 17.2. The molecule has 1 N–H and O–H groups in total. The van der Waals surface area contributed by atoms with Crippen LogP contribution < -0.4 is 5.32 Å². The van der Waals surface area contributed by atoms with Crippen LogP contribution in [0.3, 0.4) is 0 Å². The van der Waals surface area contributed by atoms with Gasteiger partial charge < -0.3 is 15.0 Å². The molecule has 2 fully saturated rings. The first-order valence-electron chi connectivity index (χ1n) is 9.06. The van der Waals surface area contributed by atoms with Gasteiger partial charge in [-0.25, -0.2) is 4.79 Å². The van der Waals surface area contributed by atoms with E-state index in [4.69, 9.17) is 4.74 Å². The zero-order chi connectivity index (χ0) is 18.1. The average Bonchev–Trinajstić information content (AvgIpc) is 3.38. The van der Waals surface area contributed by atoms with Gasteiger partial charge in [-0.1, -0.05) is 12.1 Å². The quantitative estimate of drug-likeness (QED) is 0.841. The summed E-state index contributed by atoms with van der Waals surface area (Å²) in [5, 5.41) is 3.39. The van der Waals surface area contributed by atoms with Gasteiger partial charge in [0.15, 0.2) is 0 Å². The topological polar surface area (TPSA) is 58.6 Å². The number of benzene rings is 1. The highest BCUT2D eigenvalue weighted by Crippen LogP contribution is 2.31. The predicted molar refractivity (Wildman–Crippen MR) is 102 cm³/mol. The predicted octanol–water partition coefficient (Wildman–Crippen LogP) is 3.03. The Hall–Kier alpha value is -2.18. The fraction of sp³-hybridized carbons (Fsp3) is 0.400. The molecule has 0 spiro atoms. The summed E-state index contributed by atoms with van der Waals surface area (Å²) in [6.07, 6.45) is 1.08. The largest absolute Gasteiger partial charge is 0.462 e. The number of nitrogens with one attached hydrogen (secondary N) is 1. The number of likely N-dealkylation sites (tertiary alicyclic amines) is 1. The Morgan fingerprint density at radius 3 is 3.00 bits per heavy atom. The molecule has 0 radical (unpaired) electrons. The van der Waals surface area contributed by atoms with Gasteiger partial charge in [0.2, 0.25) is 0 Å². The van der Waals surface area contributed by atoms with E-state index in [0.29, 0.717) is 29.0 Å². The lowest BCUT2D eigenvalue weighted by atomic mass is 10.0. The summed E-state index contributed by atoms with van der Waals surface area (Å²) in [5.74, 6) is 0.393. The summed E-state index contributed by atoms with van der Waals surface area (Å²) in [6.45, 7) is 4.91. The van der Waals surface area contributed by atoms with Crippen LogP contribution in [-0.2, 0) is 4.74 Å². The molecular formula is C20H22N2O3S. The number of esters is 1. The maximum absolute atomic E-state index is 13.0. The van der Waals surface area contributed by atoms with E-state index >= 15 is 0 Å². The van der Waals surface area contributed by atoms with Crippen molar-refractivity contribution in [2.75, 3.05) is 26.2 Å². The number of nitrogens with zero attached hydrogens (tertiary/aromatic N) is 1. The zero-order valence-electron chi connectivity index (χ0n) is 14.7. The van der Waals surface area contributed by atoms with E-state index in [-0.39, 0.29) is 11.9 Å². The standard InChI is InChI=1S/C20H22N2O3S/c1-2-25-20(24)18-7-6-17(26-18)13-4-3-5-14(10-13)19(23)22-9-8-15-11-21-12-16(15)22/h3-7,10,15-16,21H,2,8-9,11-12H2,1H3/t15-,16+/m0/s1. The Morgan fingerprint density at radius 2 is 2.15 bits per heavy atom. The maximum Gasteiger partial charge on any atom is 0.348 e. The molecule has 26 heavy (non-hydrogen) atoms. The van der Waals surface area contributed by atoms with Crippen molar-refractivity contribution in [2.24, 2.45) is 5.92 Å². The zero-order valence-corrected chi connectivity index (χ0v) is 15.6. The van der Waals surface area contributed by atoms with Crippen LogP contribution in [-0.4, -0.2) is 49.1 Å². The fourth-order valence-corrected chi connectivity index (χ4v) is 4.77. The van der Waals surface area contributed by atoms with Gasteiger partial charge in [-0.05, 0) is 49.1 Å². The molecule has 0 aliphatic carbocycles. The van der Waals surface area contributed by atoms with Gasteiger partial charge in [-0.15, -0.1) is 11.3 Å². The fourth-order valence-electron chi connectivity index (χ4n) is 3.88. The lowest BCUT2D eigenvalue weighted by Crippen LogP contribution is -2.39. The number of carbonyl (C=O) groups is 2. The summed E-state index contributed by atoms with van der Waals surface area (Å²) in [7, 11) is 0. The van der Waals surface area contributed by atoms with Gasteiger partial charge in [0.25, 0.3) is 5.91 Å². The number of rotatable bonds is 4. The molecule has 2 aliphatic heterocycles. The van der Waals surface area contributed by atoms with Crippen molar-refractivity contribution in [2.45, 2.75) is 19.4 Å². The third-order valence-corrected chi connectivity index (χ3v) is 6.30. The first-order valence-corrected chi connectivity index (χ1v) is 9.88. The Balaban J connectivity index is 1.55. The lowest BCUT2D eigenvalue weighted by Gasteiger charge is -2.23. The van der Waals surface area contributed by atoms with Crippen LogP contribution in [0.1, 0.15) is 33.4 Å². The number of fused-ring (bicyclic) bond motifs is 1. The van der Waals surface area contributed by atoms with Gasteiger partial charge in [-0.2, -0.15) is 0 Å². The second-order valence-electron chi connectivity index (χ2n) is 6.74. The second kappa shape index (κ2) is 7.21. The number of carbonyl (C=O) groups excluding carboxylic acids is 2. The van der Waals surface area contributed by atoms with E-state index in [0.717, 1.165) is 36.5 Å². The minimum atomic E-state index is -0.298. The van der Waals surface area contributed by atoms with Crippen molar-refractivity contribution >= 4 is 23.2 Å². The summed E-state index contributed by atoms with van der Waals surface area (Å²) in [4.78, 5) is 28.4. The van der Waals surface area contributed by atoms with E-state index in [1.807, 2.05) is 35.2 Å². The van der Waals surface area contributed by atoms with Crippen molar-refractivity contribution in [3.63, 3.8) is 0 Å². The molecule has 1 amide bonds. The number of thiophene rings is 1. The minimum absolute atomic E-state index is 0.102. The molecule has 6 heteroatoms. The number of hydrogen-bond donors (Lipinski definition) is 1. The van der Waals surface area contributed by atoms with Crippen molar-refractivity contribution in [1.82, 2.24) is 10.2 Å². The van der Waals surface area contributed by atoms with Crippen LogP contribution in [0.4, 0.5) is 0 Å². The monoisotopic (exact) mass is 370 g/mol. The van der Waals surface area contributed by atoms with Gasteiger partial charge in [0.1, 0.15) is 4.88 Å². The Morgan fingerprint density at radius 1 is 1.27 bits per heavy atom. The van der Waals surface area contributed by atoms with E-state index in [1.54, 1.807) is 13.0 Å². The summed E-state index contributed by atoms with van der Waals surface area (Å²) < 4.78 is 5.05. The van der Waals surface area contributed by atoms with Crippen LogP contribution >= 0.6 is 11.3 Å². The number of hydrogen-bond acceptors (Lipinski definition) is 5. The molecule has 5 nitrogen and oxygen atoms in total. The third-order valence-electron chi connectivity index (χ3n) is 5.18. The molecule has 2 aliphatic rings. The van der Waals surface area contributed by atoms with Crippen LogP contribution in [0.5, 0.6) is 0 Å². The molecule has 0 bridgehead atoms. The molecule has 1 aromatic heterocycles. The van der Waals surface area contributed by atoms with Crippen LogP contribution in [0.25, 0.3) is 10.4 Å². The molecule has 4 rings (SSSR count). The summed E-state index contributed by atoms with van der Waals surface area (Å²) >= 11 is 1.39. The number of ether oxygens (including phenoxy) is 1. The van der Waals surface area contributed by atoms with E-state index < -0.39 is 0 Å². The van der Waals surface area contributed by atoms with Crippen LogP contribution in [0.2, 0.25) is 0 Å². The van der Waals surface area contributed by atoms with Crippen LogP contribution in [0, 0.1) is 5.92 Å². The Labute approximate surface area is 157 Å². The average molecular weight is 370 g/mol. The molecule has 3 heterocycles. The molecule has 0 saturated carbocycles. The second-order valence-corrected chi connectivity index (χ2v) is 7.82. The van der Waals surface area contributed by atoms with Gasteiger partial charge in [0, 0.05) is 36.1 Å². The summed E-state index contributed by atoms with van der Waals surface area (Å²) in [5.41, 5.74) is 1.66. The molecule has 2 atom stereocenters. The van der Waals surface area contributed by atoms with Gasteiger partial charge >= 0.3 is 5.97 Å². The Bertz CT molecular complexity index is 832. The van der Waals surface area contributed by atoms with Gasteiger partial charge in [0.05, 0.1) is 6.61 Å². The minimum Gasteiger partial charge on any atom is -0.462 e. The molecule has 0 unspecified atom stereocenters. The van der Waals surface area contributed by atoms with Crippen molar-refractivity contribution < 1.29 is 14.3 Å². The first-order chi connectivity index (χ1) is 12.7. The molecular weight excluding hydrogens is 348 g/mol. The molecule has 2 aromatic rings. The highest BCUT2D eigenvalue weighted by Gasteiger charge is 2.40. The van der Waals surface area contributed by atoms with Crippen molar-refractivity contribution in [1.29, 1.82) is 0 Å². The number of amides is 1. The molecule has 2 saturated heterocycles. The third kappa shape index (κ3) is 3.15. The normalized spacial score (nSPS) is 21.7. The van der Waals surface area contributed by atoms with E-state index in [9.17, 15) is 9.59 Å². The summed E-state index contributed by atoms with van der Waals surface area (Å²) in [6, 6.07) is 11.7. The van der Waals surface area contributed by atoms with Gasteiger partial charge in [-0.3, -0.25) is 4.79 Å². The highest BCUT2D eigenvalue weighted by atomic mass is 32.1. The van der Waals surface area contributed by atoms with E-state index in [1.165, 1.54) is 11.3 Å². The molecule has 1 aromatic carbocycles. The van der Waals surface area contributed by atoms with Crippen LogP contribution in [0.15, 0.2) is 36.4 Å². The SMILES string of the molecule is CCOC(=O)c1ccc(-c2cccc(C(=O)N3CC[C@H]4CNC[C@H]43)c2)s1. The Kier molecular flexibility index (Phi) is 4.78. The van der Waals surface area contributed by atoms with Crippen molar-refractivity contribution in [3.05, 3.63) is 46.8 Å².